The molecule has 0 saturated carbocycles. The molecule has 84 valence electrons. The predicted molar refractivity (Wildman–Crippen MR) is 58.6 cm³/mol. The zero-order valence-corrected chi connectivity index (χ0v) is 9.37. The molecule has 0 aliphatic carbocycles. The normalized spacial score (nSPS) is 9.87. The molecule has 1 aromatic rings. The van der Waals surface area contributed by atoms with Crippen LogP contribution in [0.15, 0.2) is 12.1 Å². The van der Waals surface area contributed by atoms with Crippen molar-refractivity contribution >= 4 is 0 Å². The Labute approximate surface area is 89.9 Å². The molecule has 0 radical (unpaired) electrons. The topological polar surface area (TPSA) is 53.7 Å². The highest BCUT2D eigenvalue weighted by Crippen LogP contribution is 2.38. The van der Waals surface area contributed by atoms with Gasteiger partial charge >= 0.3 is 0 Å². The van der Waals surface area contributed by atoms with Gasteiger partial charge in [0.05, 0.1) is 20.8 Å². The Kier molecular flexibility index (Phi) is 4.24. The van der Waals surface area contributed by atoms with Gasteiger partial charge in [-0.25, -0.2) is 0 Å². The molecule has 15 heavy (non-hydrogen) atoms. The molecular weight excluding hydrogens is 194 g/mol. The summed E-state index contributed by atoms with van der Waals surface area (Å²) >= 11 is 0. The SMILES string of the molecule is CCOc1c(OC)cc(CN)cc1OC. The lowest BCUT2D eigenvalue weighted by atomic mass is 10.2. The summed E-state index contributed by atoms with van der Waals surface area (Å²) < 4.78 is 15.9. The second-order valence-corrected chi connectivity index (χ2v) is 2.97. The summed E-state index contributed by atoms with van der Waals surface area (Å²) in [6, 6.07) is 3.71. The highest BCUT2D eigenvalue weighted by atomic mass is 16.5. The molecule has 0 unspecified atom stereocenters. The molecule has 0 heterocycles. The molecular formula is C11H17NO3. The standard InChI is InChI=1S/C11H17NO3/c1-4-15-11-9(13-2)5-8(7-12)6-10(11)14-3/h5-6H,4,7,12H2,1-3H3. The minimum Gasteiger partial charge on any atom is -0.493 e. The quantitative estimate of drug-likeness (QED) is 0.803. The zero-order chi connectivity index (χ0) is 11.3. The van der Waals surface area contributed by atoms with Crippen LogP contribution in [0.5, 0.6) is 17.2 Å². The minimum absolute atomic E-state index is 0.444. The lowest BCUT2D eigenvalue weighted by molar-refractivity contribution is 0.288. The Morgan fingerprint density at radius 2 is 1.67 bits per heavy atom. The fourth-order valence-electron chi connectivity index (χ4n) is 1.34. The lowest BCUT2D eigenvalue weighted by Gasteiger charge is -2.14. The van der Waals surface area contributed by atoms with E-state index in [-0.39, 0.29) is 0 Å². The fraction of sp³-hybridized carbons (Fsp3) is 0.455. The third-order valence-corrected chi connectivity index (χ3v) is 2.04. The second-order valence-electron chi connectivity index (χ2n) is 2.97. The van der Waals surface area contributed by atoms with Crippen LogP contribution < -0.4 is 19.9 Å². The molecule has 0 atom stereocenters. The van der Waals surface area contributed by atoms with Crippen LogP contribution in [0.25, 0.3) is 0 Å². The Morgan fingerprint density at radius 3 is 2.00 bits per heavy atom. The van der Waals surface area contributed by atoms with Crippen molar-refractivity contribution in [1.29, 1.82) is 0 Å². The van der Waals surface area contributed by atoms with Gasteiger partial charge in [-0.2, -0.15) is 0 Å². The largest absolute Gasteiger partial charge is 0.493 e. The van der Waals surface area contributed by atoms with Crippen molar-refractivity contribution < 1.29 is 14.2 Å². The Morgan fingerprint density at radius 1 is 1.13 bits per heavy atom. The second kappa shape index (κ2) is 5.46. The van der Waals surface area contributed by atoms with Gasteiger partial charge < -0.3 is 19.9 Å². The van der Waals surface area contributed by atoms with E-state index in [1.165, 1.54) is 0 Å². The van der Waals surface area contributed by atoms with E-state index in [1.54, 1.807) is 14.2 Å². The van der Waals surface area contributed by atoms with Gasteiger partial charge in [0, 0.05) is 6.54 Å². The van der Waals surface area contributed by atoms with Gasteiger partial charge in [0.15, 0.2) is 11.5 Å². The number of rotatable bonds is 5. The van der Waals surface area contributed by atoms with Crippen LogP contribution in [0.3, 0.4) is 0 Å². The van der Waals surface area contributed by atoms with Crippen LogP contribution >= 0.6 is 0 Å². The van der Waals surface area contributed by atoms with Crippen LogP contribution in [0.2, 0.25) is 0 Å². The van der Waals surface area contributed by atoms with Gasteiger partial charge in [-0.05, 0) is 24.6 Å². The molecule has 0 fully saturated rings. The van der Waals surface area contributed by atoms with E-state index in [9.17, 15) is 0 Å². The predicted octanol–water partition coefficient (Wildman–Crippen LogP) is 1.56. The fourth-order valence-corrected chi connectivity index (χ4v) is 1.34. The first kappa shape index (κ1) is 11.7. The van der Waals surface area contributed by atoms with Crippen molar-refractivity contribution in [2.45, 2.75) is 13.5 Å². The van der Waals surface area contributed by atoms with Crippen LogP contribution in [0.1, 0.15) is 12.5 Å². The molecule has 0 aliphatic heterocycles. The van der Waals surface area contributed by atoms with E-state index >= 15 is 0 Å². The van der Waals surface area contributed by atoms with Crippen LogP contribution in [-0.2, 0) is 6.54 Å². The molecule has 0 aliphatic rings. The van der Waals surface area contributed by atoms with Crippen molar-refractivity contribution in [1.82, 2.24) is 0 Å². The summed E-state index contributed by atoms with van der Waals surface area (Å²) in [4.78, 5) is 0. The summed E-state index contributed by atoms with van der Waals surface area (Å²) in [5.74, 6) is 1.92. The third kappa shape index (κ3) is 2.53. The summed E-state index contributed by atoms with van der Waals surface area (Å²) in [5, 5.41) is 0. The monoisotopic (exact) mass is 211 g/mol. The van der Waals surface area contributed by atoms with E-state index in [4.69, 9.17) is 19.9 Å². The van der Waals surface area contributed by atoms with Crippen molar-refractivity contribution in [3.63, 3.8) is 0 Å². The molecule has 4 heteroatoms. The number of ether oxygens (including phenoxy) is 3. The number of nitrogens with two attached hydrogens (primary N) is 1. The minimum atomic E-state index is 0.444. The molecule has 1 rings (SSSR count). The average molecular weight is 211 g/mol. The number of hydrogen-bond acceptors (Lipinski definition) is 4. The highest BCUT2D eigenvalue weighted by Gasteiger charge is 2.12. The Hall–Kier alpha value is -1.42. The molecule has 0 amide bonds. The van der Waals surface area contributed by atoms with Crippen LogP contribution in [-0.4, -0.2) is 20.8 Å². The van der Waals surface area contributed by atoms with Gasteiger partial charge in [0.1, 0.15) is 0 Å². The van der Waals surface area contributed by atoms with E-state index < -0.39 is 0 Å². The first-order valence-electron chi connectivity index (χ1n) is 4.84. The third-order valence-electron chi connectivity index (χ3n) is 2.04. The van der Waals surface area contributed by atoms with Crippen LogP contribution in [0.4, 0.5) is 0 Å². The number of hydrogen-bond donors (Lipinski definition) is 1. The van der Waals surface area contributed by atoms with E-state index in [0.29, 0.717) is 30.4 Å². The maximum Gasteiger partial charge on any atom is 0.203 e. The van der Waals surface area contributed by atoms with Gasteiger partial charge in [-0.3, -0.25) is 0 Å². The molecule has 4 nitrogen and oxygen atoms in total. The number of methoxy groups -OCH3 is 2. The van der Waals surface area contributed by atoms with Gasteiger partial charge in [-0.15, -0.1) is 0 Å². The van der Waals surface area contributed by atoms with E-state index in [0.717, 1.165) is 5.56 Å². The van der Waals surface area contributed by atoms with Gasteiger partial charge in [-0.1, -0.05) is 0 Å². The zero-order valence-electron chi connectivity index (χ0n) is 9.37. The summed E-state index contributed by atoms with van der Waals surface area (Å²) in [5.41, 5.74) is 6.52. The smallest absolute Gasteiger partial charge is 0.203 e. The summed E-state index contributed by atoms with van der Waals surface area (Å²) in [7, 11) is 3.19. The molecule has 1 aromatic carbocycles. The lowest BCUT2D eigenvalue weighted by Crippen LogP contribution is -2.02. The average Bonchev–Trinajstić information content (AvgIpc) is 2.29. The maximum atomic E-state index is 5.57. The Balaban J connectivity index is 3.19. The van der Waals surface area contributed by atoms with Crippen molar-refractivity contribution in [3.05, 3.63) is 17.7 Å². The van der Waals surface area contributed by atoms with Gasteiger partial charge in [0.25, 0.3) is 0 Å². The number of benzene rings is 1. The molecule has 0 saturated heterocycles. The highest BCUT2D eigenvalue weighted by molar-refractivity contribution is 5.53. The molecule has 0 spiro atoms. The molecule has 0 bridgehead atoms. The van der Waals surface area contributed by atoms with Crippen molar-refractivity contribution in [2.75, 3.05) is 20.8 Å². The Bertz CT molecular complexity index is 301. The maximum absolute atomic E-state index is 5.57. The summed E-state index contributed by atoms with van der Waals surface area (Å²) in [6.07, 6.45) is 0. The molecule has 2 N–H and O–H groups in total. The van der Waals surface area contributed by atoms with E-state index in [1.807, 2.05) is 19.1 Å². The van der Waals surface area contributed by atoms with Crippen molar-refractivity contribution in [2.24, 2.45) is 5.73 Å². The first-order chi connectivity index (χ1) is 7.26. The summed E-state index contributed by atoms with van der Waals surface area (Å²) in [6.45, 7) is 2.92. The first-order valence-corrected chi connectivity index (χ1v) is 4.84. The van der Waals surface area contributed by atoms with E-state index in [2.05, 4.69) is 0 Å². The van der Waals surface area contributed by atoms with Gasteiger partial charge in [0.2, 0.25) is 5.75 Å². The molecule has 0 aromatic heterocycles. The van der Waals surface area contributed by atoms with Crippen molar-refractivity contribution in [3.8, 4) is 17.2 Å². The van der Waals surface area contributed by atoms with Crippen LogP contribution in [0, 0.1) is 0 Å².